The fraction of sp³-hybridized carbons (Fsp3) is 0.217. The first-order chi connectivity index (χ1) is 13.2. The van der Waals surface area contributed by atoms with Gasteiger partial charge in [0, 0.05) is 40.6 Å². The molecule has 1 unspecified atom stereocenters. The summed E-state index contributed by atoms with van der Waals surface area (Å²) in [4.78, 5) is 0. The Kier molecular flexibility index (Phi) is 5.21. The third-order valence-corrected chi connectivity index (χ3v) is 6.23. The van der Waals surface area contributed by atoms with Crippen molar-refractivity contribution in [2.24, 2.45) is 0 Å². The van der Waals surface area contributed by atoms with Gasteiger partial charge in [0.05, 0.1) is 12.6 Å². The number of β-amino-alcohol motifs (C(OH)–C–C–N with tert-alkyl or cyclic N) is 1. The lowest BCUT2D eigenvalue weighted by atomic mass is 10.1. The monoisotopic (exact) mass is 376 g/mol. The summed E-state index contributed by atoms with van der Waals surface area (Å²) in [7, 11) is 0. The van der Waals surface area contributed by atoms with Crippen LogP contribution in [-0.2, 0) is 6.54 Å². The first-order valence-corrected chi connectivity index (χ1v) is 10.1. The molecule has 138 valence electrons. The van der Waals surface area contributed by atoms with Gasteiger partial charge >= 0.3 is 0 Å². The molecule has 1 N–H and O–H groups in total. The Morgan fingerprint density at radius 3 is 2.11 bits per heavy atom. The van der Waals surface area contributed by atoms with Crippen LogP contribution in [0.25, 0.3) is 21.8 Å². The van der Waals surface area contributed by atoms with E-state index in [0.717, 1.165) is 12.3 Å². The molecule has 0 spiro atoms. The predicted octanol–water partition coefficient (Wildman–Crippen LogP) is 4.79. The molecule has 27 heavy (non-hydrogen) atoms. The molecule has 3 nitrogen and oxygen atoms in total. The van der Waals surface area contributed by atoms with E-state index in [4.69, 9.17) is 0 Å². The van der Waals surface area contributed by atoms with Crippen LogP contribution in [0.5, 0.6) is 0 Å². The van der Waals surface area contributed by atoms with Gasteiger partial charge in [0.1, 0.15) is 0 Å². The second kappa shape index (κ2) is 7.77. The number of rotatable bonds is 6. The largest absolute Gasteiger partial charge is 0.390 e. The molecule has 0 radical (unpaired) electrons. The van der Waals surface area contributed by atoms with E-state index in [-0.39, 0.29) is 0 Å². The highest BCUT2D eigenvalue weighted by Gasteiger charge is 2.20. The highest BCUT2D eigenvalue weighted by molar-refractivity contribution is 7.97. The van der Waals surface area contributed by atoms with Crippen molar-refractivity contribution in [1.82, 2.24) is 8.87 Å². The highest BCUT2D eigenvalue weighted by Crippen LogP contribution is 2.30. The summed E-state index contributed by atoms with van der Waals surface area (Å²) in [6, 6.07) is 16.8. The Hall–Kier alpha value is -2.27. The number of hydrogen-bond donors (Lipinski definition) is 1. The second-order valence-electron chi connectivity index (χ2n) is 6.85. The maximum absolute atomic E-state index is 10.8. The number of nitrogens with zero attached hydrogens (tertiary/aromatic N) is 2. The van der Waals surface area contributed by atoms with Gasteiger partial charge in [-0.1, -0.05) is 73.7 Å². The van der Waals surface area contributed by atoms with Crippen LogP contribution in [0.4, 0.5) is 0 Å². The average Bonchev–Trinajstić information content (AvgIpc) is 3.02. The van der Waals surface area contributed by atoms with Gasteiger partial charge < -0.3 is 9.67 Å². The average molecular weight is 377 g/mol. The normalized spacial score (nSPS) is 16.8. The lowest BCUT2D eigenvalue weighted by Gasteiger charge is -2.29. The number of benzene rings is 2. The number of para-hydroxylation sites is 2. The van der Waals surface area contributed by atoms with Crippen LogP contribution in [0, 0.1) is 0 Å². The number of fused-ring (bicyclic) bond motifs is 3. The van der Waals surface area contributed by atoms with Crippen molar-refractivity contribution in [2.75, 3.05) is 18.8 Å². The van der Waals surface area contributed by atoms with Crippen molar-refractivity contribution in [2.45, 2.75) is 12.6 Å². The number of aromatic nitrogens is 1. The van der Waals surface area contributed by atoms with Crippen LogP contribution >= 0.6 is 11.9 Å². The molecule has 0 bridgehead atoms. The molecule has 1 aliphatic heterocycles. The zero-order chi connectivity index (χ0) is 18.8. The van der Waals surface area contributed by atoms with Crippen LogP contribution in [0.1, 0.15) is 0 Å². The zero-order valence-electron chi connectivity index (χ0n) is 15.3. The van der Waals surface area contributed by atoms with Gasteiger partial charge in [0.15, 0.2) is 0 Å². The summed E-state index contributed by atoms with van der Waals surface area (Å²) in [5.74, 6) is 0.882. The van der Waals surface area contributed by atoms with E-state index in [1.807, 2.05) is 12.2 Å². The van der Waals surface area contributed by atoms with Crippen LogP contribution in [0.3, 0.4) is 0 Å². The van der Waals surface area contributed by atoms with Crippen molar-refractivity contribution >= 4 is 33.8 Å². The minimum absolute atomic E-state index is 0.451. The molecule has 1 aromatic heterocycles. The molecule has 0 saturated heterocycles. The van der Waals surface area contributed by atoms with Gasteiger partial charge in [0.25, 0.3) is 0 Å². The molecule has 0 fully saturated rings. The summed E-state index contributed by atoms with van der Waals surface area (Å²) in [5, 5.41) is 13.3. The summed E-state index contributed by atoms with van der Waals surface area (Å²) < 4.78 is 4.46. The van der Waals surface area contributed by atoms with E-state index < -0.39 is 6.10 Å². The first-order valence-electron chi connectivity index (χ1n) is 9.20. The molecule has 1 aliphatic rings. The van der Waals surface area contributed by atoms with E-state index in [1.165, 1.54) is 33.0 Å². The van der Waals surface area contributed by atoms with E-state index in [0.29, 0.717) is 13.1 Å². The third-order valence-electron chi connectivity index (χ3n) is 5.14. The quantitative estimate of drug-likeness (QED) is 0.627. The lowest BCUT2D eigenvalue weighted by Crippen LogP contribution is -2.34. The second-order valence-corrected chi connectivity index (χ2v) is 7.92. The Balaban J connectivity index is 1.57. The van der Waals surface area contributed by atoms with Crippen LogP contribution in [0.15, 0.2) is 85.0 Å². The lowest BCUT2D eigenvalue weighted by molar-refractivity contribution is 0.136. The molecule has 4 heteroatoms. The third kappa shape index (κ3) is 3.48. The number of hydrogen-bond acceptors (Lipinski definition) is 3. The van der Waals surface area contributed by atoms with E-state index >= 15 is 0 Å². The SMILES string of the molecule is C=CC1=C(C=C)CN(CC(O)Cn2c3ccccc3c3ccccc32)SC1. The number of allylic oxidation sites excluding steroid dienone is 1. The maximum atomic E-state index is 10.8. The first kappa shape index (κ1) is 18.1. The Morgan fingerprint density at radius 2 is 1.52 bits per heavy atom. The van der Waals surface area contributed by atoms with Gasteiger partial charge in [-0.2, -0.15) is 0 Å². The summed E-state index contributed by atoms with van der Waals surface area (Å²) in [6.45, 7) is 9.79. The summed E-state index contributed by atoms with van der Waals surface area (Å²) in [5.41, 5.74) is 4.78. The van der Waals surface area contributed by atoms with Gasteiger partial charge in [0.2, 0.25) is 0 Å². The van der Waals surface area contributed by atoms with E-state index in [9.17, 15) is 5.11 Å². The minimum atomic E-state index is -0.451. The van der Waals surface area contributed by atoms with Crippen molar-refractivity contribution in [3.8, 4) is 0 Å². The maximum Gasteiger partial charge on any atom is 0.0855 e. The van der Waals surface area contributed by atoms with Crippen molar-refractivity contribution in [3.05, 3.63) is 85.0 Å². The summed E-state index contributed by atoms with van der Waals surface area (Å²) in [6.07, 6.45) is 3.37. The topological polar surface area (TPSA) is 28.4 Å². The summed E-state index contributed by atoms with van der Waals surface area (Å²) >= 11 is 1.75. The highest BCUT2D eigenvalue weighted by atomic mass is 32.2. The fourth-order valence-electron chi connectivity index (χ4n) is 3.80. The standard InChI is InChI=1S/C23H24N2OS/c1-3-17-13-24(27-16-18(17)4-2)14-19(26)15-25-22-11-7-5-9-20(22)21-10-6-8-12-23(21)25/h3-12,19,26H,1-2,13-16H2. The fourth-order valence-corrected chi connectivity index (χ4v) is 4.93. The van der Waals surface area contributed by atoms with Gasteiger partial charge in [-0.05, 0) is 23.3 Å². The van der Waals surface area contributed by atoms with Gasteiger partial charge in [-0.15, -0.1) is 0 Å². The van der Waals surface area contributed by atoms with E-state index in [2.05, 4.69) is 70.6 Å². The molecule has 0 aliphatic carbocycles. The molecule has 3 aromatic rings. The smallest absolute Gasteiger partial charge is 0.0855 e. The molecular weight excluding hydrogens is 352 g/mol. The number of aliphatic hydroxyl groups is 1. The molecule has 2 heterocycles. The van der Waals surface area contributed by atoms with Crippen LogP contribution in [-0.4, -0.2) is 38.9 Å². The van der Waals surface area contributed by atoms with Crippen molar-refractivity contribution in [3.63, 3.8) is 0 Å². The Bertz CT molecular complexity index is 980. The minimum Gasteiger partial charge on any atom is -0.390 e. The van der Waals surface area contributed by atoms with E-state index in [1.54, 1.807) is 11.9 Å². The molecule has 2 aromatic carbocycles. The zero-order valence-corrected chi connectivity index (χ0v) is 16.2. The van der Waals surface area contributed by atoms with Crippen LogP contribution in [0.2, 0.25) is 0 Å². The molecule has 4 rings (SSSR count). The van der Waals surface area contributed by atoms with Crippen molar-refractivity contribution in [1.29, 1.82) is 0 Å². The molecular formula is C23H24N2OS. The molecule has 0 amide bonds. The van der Waals surface area contributed by atoms with Crippen LogP contribution < -0.4 is 0 Å². The molecule has 1 atom stereocenters. The predicted molar refractivity (Wildman–Crippen MR) is 117 cm³/mol. The van der Waals surface area contributed by atoms with Crippen molar-refractivity contribution < 1.29 is 5.11 Å². The Morgan fingerprint density at radius 1 is 0.926 bits per heavy atom. The molecule has 0 saturated carbocycles. The Labute approximate surface area is 164 Å². The van der Waals surface area contributed by atoms with Gasteiger partial charge in [-0.25, -0.2) is 4.31 Å². The number of aliphatic hydroxyl groups excluding tert-OH is 1. The van der Waals surface area contributed by atoms with Gasteiger partial charge in [-0.3, -0.25) is 0 Å².